The Labute approximate surface area is 82.8 Å². The van der Waals surface area contributed by atoms with E-state index in [0.717, 1.165) is 6.42 Å². The van der Waals surface area contributed by atoms with Crippen LogP contribution in [0.15, 0.2) is 18.2 Å². The van der Waals surface area contributed by atoms with E-state index < -0.39 is 6.10 Å². The van der Waals surface area contributed by atoms with Gasteiger partial charge in [0.1, 0.15) is 5.75 Å². The summed E-state index contributed by atoms with van der Waals surface area (Å²) in [7, 11) is 0. The van der Waals surface area contributed by atoms with E-state index in [1.807, 2.05) is 6.92 Å². The minimum absolute atomic E-state index is 0.102. The molecule has 13 heavy (non-hydrogen) atoms. The van der Waals surface area contributed by atoms with Crippen LogP contribution in [0.25, 0.3) is 0 Å². The molecule has 1 rings (SSSR count). The third-order valence-corrected chi connectivity index (χ3v) is 2.15. The second kappa shape index (κ2) is 4.49. The molecule has 0 saturated carbocycles. The lowest BCUT2D eigenvalue weighted by Crippen LogP contribution is -1.96. The molecule has 0 amide bonds. The second-order valence-electron chi connectivity index (χ2n) is 3.01. The summed E-state index contributed by atoms with van der Waals surface area (Å²) in [4.78, 5) is 0. The Morgan fingerprint density at radius 3 is 2.77 bits per heavy atom. The molecule has 1 atom stereocenters. The summed E-state index contributed by atoms with van der Waals surface area (Å²) in [6.07, 6.45) is 0.879. The molecule has 72 valence electrons. The van der Waals surface area contributed by atoms with Crippen LogP contribution < -0.4 is 0 Å². The van der Waals surface area contributed by atoms with E-state index >= 15 is 0 Å². The highest BCUT2D eigenvalue weighted by molar-refractivity contribution is 6.30. The Morgan fingerprint density at radius 1 is 1.46 bits per heavy atom. The van der Waals surface area contributed by atoms with Crippen LogP contribution in [-0.4, -0.2) is 10.2 Å². The standard InChI is InChI=1S/C10H13ClO2/c1-2-3-9(12)8-6-7(11)4-5-10(8)13/h4-6,9,12-13H,2-3H2,1H3. The summed E-state index contributed by atoms with van der Waals surface area (Å²) in [5, 5.41) is 19.6. The Balaban J connectivity index is 2.91. The minimum Gasteiger partial charge on any atom is -0.508 e. The summed E-state index contributed by atoms with van der Waals surface area (Å²) < 4.78 is 0. The highest BCUT2D eigenvalue weighted by Gasteiger charge is 2.11. The second-order valence-corrected chi connectivity index (χ2v) is 3.44. The quantitative estimate of drug-likeness (QED) is 0.788. The average molecular weight is 201 g/mol. The van der Waals surface area contributed by atoms with Gasteiger partial charge in [0.15, 0.2) is 0 Å². The molecule has 0 bridgehead atoms. The number of hydrogen-bond acceptors (Lipinski definition) is 2. The Morgan fingerprint density at radius 2 is 2.15 bits per heavy atom. The van der Waals surface area contributed by atoms with Crippen molar-refractivity contribution >= 4 is 11.6 Å². The zero-order valence-electron chi connectivity index (χ0n) is 7.50. The van der Waals surface area contributed by atoms with Gasteiger partial charge in [-0.3, -0.25) is 0 Å². The van der Waals surface area contributed by atoms with Gasteiger partial charge < -0.3 is 10.2 Å². The van der Waals surface area contributed by atoms with Crippen LogP contribution in [0.1, 0.15) is 31.4 Å². The predicted octanol–water partition coefficient (Wildman–Crippen LogP) is 2.88. The fourth-order valence-corrected chi connectivity index (χ4v) is 1.40. The summed E-state index contributed by atoms with van der Waals surface area (Å²) in [5.74, 6) is 0.102. The van der Waals surface area contributed by atoms with E-state index in [-0.39, 0.29) is 5.75 Å². The third-order valence-electron chi connectivity index (χ3n) is 1.91. The topological polar surface area (TPSA) is 40.5 Å². The summed E-state index contributed by atoms with van der Waals surface area (Å²) in [6, 6.07) is 4.69. The maximum atomic E-state index is 9.61. The first-order chi connectivity index (χ1) is 6.15. The van der Waals surface area contributed by atoms with Gasteiger partial charge in [-0.15, -0.1) is 0 Å². The number of benzene rings is 1. The monoisotopic (exact) mass is 200 g/mol. The van der Waals surface area contributed by atoms with Crippen molar-refractivity contribution in [2.45, 2.75) is 25.9 Å². The molecule has 0 aliphatic carbocycles. The highest BCUT2D eigenvalue weighted by atomic mass is 35.5. The minimum atomic E-state index is -0.622. The van der Waals surface area contributed by atoms with Gasteiger partial charge in [0, 0.05) is 10.6 Å². The average Bonchev–Trinajstić information content (AvgIpc) is 2.09. The van der Waals surface area contributed by atoms with E-state index in [1.165, 1.54) is 6.07 Å². The Hall–Kier alpha value is -0.730. The van der Waals surface area contributed by atoms with Gasteiger partial charge in [-0.25, -0.2) is 0 Å². The third kappa shape index (κ3) is 2.61. The molecule has 0 aliphatic rings. The number of aromatic hydroxyl groups is 1. The molecular weight excluding hydrogens is 188 g/mol. The molecule has 2 nitrogen and oxygen atoms in total. The molecule has 2 N–H and O–H groups in total. The first kappa shape index (κ1) is 10.4. The molecule has 0 saturated heterocycles. The number of phenolic OH excluding ortho intramolecular Hbond substituents is 1. The molecule has 1 unspecified atom stereocenters. The molecule has 3 heteroatoms. The normalized spacial score (nSPS) is 12.8. The Bertz CT molecular complexity index is 286. The van der Waals surface area contributed by atoms with E-state index in [9.17, 15) is 10.2 Å². The summed E-state index contributed by atoms with van der Waals surface area (Å²) >= 11 is 5.74. The smallest absolute Gasteiger partial charge is 0.121 e. The van der Waals surface area contributed by atoms with E-state index in [4.69, 9.17) is 11.6 Å². The molecule has 0 radical (unpaired) electrons. The molecule has 0 aromatic heterocycles. The van der Waals surface area contributed by atoms with E-state index in [0.29, 0.717) is 17.0 Å². The van der Waals surface area contributed by atoms with Crippen molar-refractivity contribution in [3.8, 4) is 5.75 Å². The maximum absolute atomic E-state index is 9.61. The van der Waals surface area contributed by atoms with Crippen LogP contribution in [0.2, 0.25) is 5.02 Å². The van der Waals surface area contributed by atoms with Gasteiger partial charge in [0.25, 0.3) is 0 Å². The predicted molar refractivity (Wildman–Crippen MR) is 53.0 cm³/mol. The summed E-state index contributed by atoms with van der Waals surface area (Å²) in [6.45, 7) is 1.98. The fourth-order valence-electron chi connectivity index (χ4n) is 1.22. The molecular formula is C10H13ClO2. The van der Waals surface area contributed by atoms with Crippen molar-refractivity contribution < 1.29 is 10.2 Å². The fraction of sp³-hybridized carbons (Fsp3) is 0.400. The number of hydrogen-bond donors (Lipinski definition) is 2. The number of aliphatic hydroxyl groups excluding tert-OH is 1. The number of rotatable bonds is 3. The largest absolute Gasteiger partial charge is 0.508 e. The van der Waals surface area contributed by atoms with E-state index in [2.05, 4.69) is 0 Å². The van der Waals surface area contributed by atoms with E-state index in [1.54, 1.807) is 12.1 Å². The van der Waals surface area contributed by atoms with Gasteiger partial charge >= 0.3 is 0 Å². The van der Waals surface area contributed by atoms with Crippen LogP contribution in [-0.2, 0) is 0 Å². The lowest BCUT2D eigenvalue weighted by atomic mass is 10.0. The molecule has 1 aromatic rings. The van der Waals surface area contributed by atoms with Crippen molar-refractivity contribution in [2.75, 3.05) is 0 Å². The van der Waals surface area contributed by atoms with Crippen LogP contribution in [0.3, 0.4) is 0 Å². The molecule has 0 heterocycles. The van der Waals surface area contributed by atoms with Gasteiger partial charge in [-0.2, -0.15) is 0 Å². The Kier molecular flexibility index (Phi) is 3.58. The van der Waals surface area contributed by atoms with Crippen molar-refractivity contribution in [1.82, 2.24) is 0 Å². The maximum Gasteiger partial charge on any atom is 0.121 e. The molecule has 0 spiro atoms. The van der Waals surface area contributed by atoms with Gasteiger partial charge in [-0.1, -0.05) is 24.9 Å². The number of aliphatic hydroxyl groups is 1. The molecule has 0 aliphatic heterocycles. The van der Waals surface area contributed by atoms with Crippen molar-refractivity contribution in [3.63, 3.8) is 0 Å². The van der Waals surface area contributed by atoms with Crippen molar-refractivity contribution in [1.29, 1.82) is 0 Å². The van der Waals surface area contributed by atoms with Gasteiger partial charge in [0.05, 0.1) is 6.10 Å². The zero-order chi connectivity index (χ0) is 9.84. The molecule has 0 fully saturated rings. The van der Waals surface area contributed by atoms with Crippen LogP contribution in [0, 0.1) is 0 Å². The SMILES string of the molecule is CCCC(O)c1cc(Cl)ccc1O. The van der Waals surface area contributed by atoms with Crippen LogP contribution in [0.4, 0.5) is 0 Å². The van der Waals surface area contributed by atoms with Crippen molar-refractivity contribution in [2.24, 2.45) is 0 Å². The number of phenols is 1. The first-order valence-corrected chi connectivity index (χ1v) is 4.69. The van der Waals surface area contributed by atoms with Crippen LogP contribution >= 0.6 is 11.6 Å². The molecule has 1 aromatic carbocycles. The van der Waals surface area contributed by atoms with Crippen molar-refractivity contribution in [3.05, 3.63) is 28.8 Å². The van der Waals surface area contributed by atoms with Crippen LogP contribution in [0.5, 0.6) is 5.75 Å². The van der Waals surface area contributed by atoms with Gasteiger partial charge in [-0.05, 0) is 24.6 Å². The lowest BCUT2D eigenvalue weighted by molar-refractivity contribution is 0.163. The number of halogens is 1. The lowest BCUT2D eigenvalue weighted by Gasteiger charge is -2.11. The highest BCUT2D eigenvalue weighted by Crippen LogP contribution is 2.29. The van der Waals surface area contributed by atoms with Gasteiger partial charge in [0.2, 0.25) is 0 Å². The first-order valence-electron chi connectivity index (χ1n) is 4.31. The zero-order valence-corrected chi connectivity index (χ0v) is 8.25. The summed E-state index contributed by atoms with van der Waals surface area (Å²) in [5.41, 5.74) is 0.509.